The molecule has 1 amide bonds. The Labute approximate surface area is 143 Å². The first-order valence-electron chi connectivity index (χ1n) is 8.10. The lowest BCUT2D eigenvalue weighted by atomic mass is 10.1. The Bertz CT molecular complexity index is 659. The van der Waals surface area contributed by atoms with Crippen molar-refractivity contribution in [3.05, 3.63) is 53.9 Å². The quantitative estimate of drug-likeness (QED) is 0.807. The number of ether oxygens (including phenoxy) is 2. The smallest absolute Gasteiger partial charge is 0.223 e. The zero-order chi connectivity index (χ0) is 17.4. The van der Waals surface area contributed by atoms with Crippen LogP contribution in [-0.2, 0) is 17.9 Å². The van der Waals surface area contributed by atoms with E-state index in [0.717, 1.165) is 17.5 Å². The number of carbonyl (C=O) groups is 1. The number of hydrogen-bond acceptors (Lipinski definition) is 4. The number of nitrogens with one attached hydrogen (secondary N) is 1. The van der Waals surface area contributed by atoms with E-state index in [9.17, 15) is 4.79 Å². The third-order valence-corrected chi connectivity index (χ3v) is 3.90. The monoisotopic (exact) mass is 328 g/mol. The van der Waals surface area contributed by atoms with Gasteiger partial charge in [-0.15, -0.1) is 0 Å². The predicted molar refractivity (Wildman–Crippen MR) is 92.9 cm³/mol. The number of carbonyl (C=O) groups excluding carboxylic acids is 1. The molecule has 2 aromatic rings. The number of aromatic nitrogens is 1. The van der Waals surface area contributed by atoms with Crippen LogP contribution in [0.3, 0.4) is 0 Å². The summed E-state index contributed by atoms with van der Waals surface area (Å²) in [6.07, 6.45) is 4.30. The van der Waals surface area contributed by atoms with Gasteiger partial charge in [0, 0.05) is 24.9 Å². The first-order valence-corrected chi connectivity index (χ1v) is 8.10. The summed E-state index contributed by atoms with van der Waals surface area (Å²) < 4.78 is 11.2. The summed E-state index contributed by atoms with van der Waals surface area (Å²) in [5.74, 6) is 1.41. The van der Waals surface area contributed by atoms with Gasteiger partial charge in [0.05, 0.1) is 7.11 Å². The maximum Gasteiger partial charge on any atom is 0.223 e. The van der Waals surface area contributed by atoms with Gasteiger partial charge in [0.1, 0.15) is 6.61 Å². The fraction of sp³-hybridized carbons (Fsp3) is 0.368. The van der Waals surface area contributed by atoms with Gasteiger partial charge in [0.2, 0.25) is 5.91 Å². The summed E-state index contributed by atoms with van der Waals surface area (Å²) in [4.78, 5) is 15.8. The Balaban J connectivity index is 1.98. The number of benzene rings is 1. The van der Waals surface area contributed by atoms with Crippen LogP contribution in [0.5, 0.6) is 11.5 Å². The highest BCUT2D eigenvalue weighted by Crippen LogP contribution is 2.28. The van der Waals surface area contributed by atoms with Crippen LogP contribution in [0.25, 0.3) is 0 Å². The molecule has 1 atom stereocenters. The second kappa shape index (κ2) is 8.91. The number of amides is 1. The third-order valence-electron chi connectivity index (χ3n) is 3.90. The molecule has 5 nitrogen and oxygen atoms in total. The molecule has 0 aliphatic rings. The van der Waals surface area contributed by atoms with Crippen LogP contribution in [0.15, 0.2) is 42.7 Å². The van der Waals surface area contributed by atoms with Crippen molar-refractivity contribution in [1.82, 2.24) is 10.3 Å². The summed E-state index contributed by atoms with van der Waals surface area (Å²) >= 11 is 0. The average Bonchev–Trinajstić information content (AvgIpc) is 2.64. The summed E-state index contributed by atoms with van der Waals surface area (Å²) in [5.41, 5.74) is 2.01. The van der Waals surface area contributed by atoms with Crippen molar-refractivity contribution >= 4 is 5.91 Å². The summed E-state index contributed by atoms with van der Waals surface area (Å²) in [6.45, 7) is 4.85. The standard InChI is InChI=1S/C19H24N2O3/c1-4-14(2)19(22)21-12-16-5-6-17(18(11-16)23-3)24-13-15-7-9-20-10-8-15/h5-11,14H,4,12-13H2,1-3H3,(H,21,22)/t14-/m0/s1. The van der Waals surface area contributed by atoms with Crippen LogP contribution in [0.2, 0.25) is 0 Å². The van der Waals surface area contributed by atoms with Crippen LogP contribution in [0, 0.1) is 5.92 Å². The summed E-state index contributed by atoms with van der Waals surface area (Å²) in [5, 5.41) is 2.94. The second-order valence-electron chi connectivity index (χ2n) is 5.66. The highest BCUT2D eigenvalue weighted by Gasteiger charge is 2.11. The summed E-state index contributed by atoms with van der Waals surface area (Å²) in [6, 6.07) is 9.50. The van der Waals surface area contributed by atoms with Gasteiger partial charge in [-0.25, -0.2) is 0 Å². The van der Waals surface area contributed by atoms with Gasteiger partial charge < -0.3 is 14.8 Å². The molecule has 0 radical (unpaired) electrons. The topological polar surface area (TPSA) is 60.5 Å². The predicted octanol–water partition coefficient (Wildman–Crippen LogP) is 3.33. The summed E-state index contributed by atoms with van der Waals surface area (Å²) in [7, 11) is 1.61. The fourth-order valence-corrected chi connectivity index (χ4v) is 2.13. The highest BCUT2D eigenvalue weighted by molar-refractivity contribution is 5.78. The van der Waals surface area contributed by atoms with Gasteiger partial charge in [0.15, 0.2) is 11.5 Å². The Morgan fingerprint density at radius 3 is 2.58 bits per heavy atom. The van der Waals surface area contributed by atoms with Crippen molar-refractivity contribution in [3.63, 3.8) is 0 Å². The minimum Gasteiger partial charge on any atom is -0.493 e. The maximum absolute atomic E-state index is 11.9. The Hall–Kier alpha value is -2.56. The van der Waals surface area contributed by atoms with Crippen molar-refractivity contribution in [2.45, 2.75) is 33.4 Å². The molecule has 2 rings (SSSR count). The van der Waals surface area contributed by atoms with Crippen LogP contribution in [0.1, 0.15) is 31.4 Å². The van der Waals surface area contributed by atoms with E-state index >= 15 is 0 Å². The number of pyridine rings is 1. The van der Waals surface area contributed by atoms with E-state index in [1.165, 1.54) is 0 Å². The largest absolute Gasteiger partial charge is 0.493 e. The SMILES string of the molecule is CC[C@H](C)C(=O)NCc1ccc(OCc2ccncc2)c(OC)c1. The zero-order valence-electron chi connectivity index (χ0n) is 14.4. The van der Waals surface area contributed by atoms with Gasteiger partial charge in [-0.2, -0.15) is 0 Å². The van der Waals surface area contributed by atoms with Crippen molar-refractivity contribution in [2.24, 2.45) is 5.92 Å². The van der Waals surface area contributed by atoms with E-state index in [0.29, 0.717) is 24.7 Å². The van der Waals surface area contributed by atoms with Crippen LogP contribution >= 0.6 is 0 Å². The Morgan fingerprint density at radius 1 is 1.17 bits per heavy atom. The molecular formula is C19H24N2O3. The lowest BCUT2D eigenvalue weighted by Crippen LogP contribution is -2.28. The van der Waals surface area contributed by atoms with E-state index in [-0.39, 0.29) is 11.8 Å². The first-order chi connectivity index (χ1) is 11.6. The molecule has 128 valence electrons. The minimum absolute atomic E-state index is 0.0230. The third kappa shape index (κ3) is 4.98. The molecule has 5 heteroatoms. The molecule has 0 fully saturated rings. The lowest BCUT2D eigenvalue weighted by Gasteiger charge is -2.14. The highest BCUT2D eigenvalue weighted by atomic mass is 16.5. The minimum atomic E-state index is 0.0230. The van der Waals surface area contributed by atoms with Crippen LogP contribution in [0.4, 0.5) is 0 Å². The molecule has 0 saturated heterocycles. The van der Waals surface area contributed by atoms with Gasteiger partial charge in [-0.05, 0) is 41.8 Å². The zero-order valence-corrected chi connectivity index (χ0v) is 14.4. The van der Waals surface area contributed by atoms with E-state index in [1.807, 2.05) is 44.2 Å². The average molecular weight is 328 g/mol. The normalized spacial score (nSPS) is 11.6. The van der Waals surface area contributed by atoms with Crippen molar-refractivity contribution in [2.75, 3.05) is 7.11 Å². The van der Waals surface area contributed by atoms with E-state index in [1.54, 1.807) is 19.5 Å². The van der Waals surface area contributed by atoms with Gasteiger partial charge in [0.25, 0.3) is 0 Å². The van der Waals surface area contributed by atoms with Crippen molar-refractivity contribution in [3.8, 4) is 11.5 Å². The van der Waals surface area contributed by atoms with Gasteiger partial charge >= 0.3 is 0 Å². The molecule has 0 aliphatic heterocycles. The van der Waals surface area contributed by atoms with Crippen molar-refractivity contribution in [1.29, 1.82) is 0 Å². The Kier molecular flexibility index (Phi) is 6.61. The fourth-order valence-electron chi connectivity index (χ4n) is 2.13. The second-order valence-corrected chi connectivity index (χ2v) is 5.66. The van der Waals surface area contributed by atoms with Gasteiger partial charge in [-0.1, -0.05) is 19.9 Å². The molecule has 0 bridgehead atoms. The lowest BCUT2D eigenvalue weighted by molar-refractivity contribution is -0.124. The Morgan fingerprint density at radius 2 is 1.92 bits per heavy atom. The van der Waals surface area contributed by atoms with E-state index < -0.39 is 0 Å². The maximum atomic E-state index is 11.9. The first kappa shape index (κ1) is 17.8. The number of hydrogen-bond donors (Lipinski definition) is 1. The number of methoxy groups -OCH3 is 1. The molecule has 0 unspecified atom stereocenters. The molecular weight excluding hydrogens is 304 g/mol. The van der Waals surface area contributed by atoms with E-state index in [2.05, 4.69) is 10.3 Å². The molecule has 1 N–H and O–H groups in total. The molecule has 0 saturated carbocycles. The molecule has 24 heavy (non-hydrogen) atoms. The number of nitrogens with zero attached hydrogens (tertiary/aromatic N) is 1. The number of rotatable bonds is 8. The molecule has 0 spiro atoms. The molecule has 1 aromatic heterocycles. The molecule has 0 aliphatic carbocycles. The van der Waals surface area contributed by atoms with Gasteiger partial charge in [-0.3, -0.25) is 9.78 Å². The molecule has 1 aromatic carbocycles. The molecule has 1 heterocycles. The van der Waals surface area contributed by atoms with E-state index in [4.69, 9.17) is 9.47 Å². The van der Waals surface area contributed by atoms with Crippen molar-refractivity contribution < 1.29 is 14.3 Å². The van der Waals surface area contributed by atoms with Crippen LogP contribution in [-0.4, -0.2) is 18.0 Å². The van der Waals surface area contributed by atoms with Crippen LogP contribution < -0.4 is 14.8 Å².